The van der Waals surface area contributed by atoms with Gasteiger partial charge in [0.25, 0.3) is 0 Å². The summed E-state index contributed by atoms with van der Waals surface area (Å²) in [6.45, 7) is 5.42. The molecule has 4 heterocycles. The second kappa shape index (κ2) is 17.2. The molecule has 0 aromatic carbocycles. The van der Waals surface area contributed by atoms with E-state index in [-0.39, 0.29) is 34.7 Å². The van der Waals surface area contributed by atoms with Crippen molar-refractivity contribution >= 4 is 5.97 Å². The molecule has 18 heteroatoms. The van der Waals surface area contributed by atoms with Crippen LogP contribution in [0.3, 0.4) is 0 Å². The average Bonchev–Trinajstić information content (AvgIpc) is 3.78. The Morgan fingerprint density at radius 2 is 1.42 bits per heavy atom. The summed E-state index contributed by atoms with van der Waals surface area (Å²) in [6.07, 6.45) is -11.9. The number of aliphatic hydroxyl groups excluding tert-OH is 8. The lowest BCUT2D eigenvalue weighted by Crippen LogP contribution is -2.65. The predicted octanol–water partition coefficient (Wildman–Crippen LogP) is -1.24. The molecule has 0 radical (unpaired) electrons. The summed E-state index contributed by atoms with van der Waals surface area (Å²) in [5, 5.41) is 96.6. The number of carbonyl (C=O) groups excluding carboxylic acids is 1. The van der Waals surface area contributed by atoms with E-state index >= 15 is 0 Å². The van der Waals surface area contributed by atoms with Crippen LogP contribution >= 0.6 is 0 Å². The Morgan fingerprint density at radius 3 is 2.10 bits per heavy atom. The van der Waals surface area contributed by atoms with E-state index in [1.54, 1.807) is 13.0 Å². The number of esters is 1. The van der Waals surface area contributed by atoms with E-state index in [1.807, 2.05) is 0 Å². The number of fused-ring (bicyclic) bond motifs is 5. The molecule has 0 aromatic heterocycles. The van der Waals surface area contributed by atoms with E-state index < -0.39 is 111 Å². The molecule has 4 aliphatic heterocycles. The van der Waals surface area contributed by atoms with E-state index in [1.165, 1.54) is 7.11 Å². The van der Waals surface area contributed by atoms with Gasteiger partial charge in [0.2, 0.25) is 0 Å². The Kier molecular flexibility index (Phi) is 12.9. The van der Waals surface area contributed by atoms with Gasteiger partial charge in [-0.25, -0.2) is 4.79 Å². The normalized spacial score (nSPS) is 54.4. The minimum atomic E-state index is -1.77. The van der Waals surface area contributed by atoms with Gasteiger partial charge >= 0.3 is 5.97 Å². The van der Waals surface area contributed by atoms with Crippen LogP contribution in [-0.4, -0.2) is 183 Å². The Balaban J connectivity index is 0.875. The van der Waals surface area contributed by atoms with Crippen LogP contribution in [0.5, 0.6) is 0 Å². The molecule has 3 saturated heterocycles. The fourth-order valence-corrected chi connectivity index (χ4v) is 13.0. The molecule has 0 aromatic rings. The largest absolute Gasteiger partial charge is 0.458 e. The second-order valence-electron chi connectivity index (χ2n) is 19.4. The van der Waals surface area contributed by atoms with Crippen LogP contribution in [0.15, 0.2) is 11.6 Å². The van der Waals surface area contributed by atoms with Crippen molar-refractivity contribution in [3.05, 3.63) is 11.6 Å². The first kappa shape index (κ1) is 45.1. The molecule has 60 heavy (non-hydrogen) atoms. The lowest BCUT2D eigenvalue weighted by atomic mass is 9.43. The summed E-state index contributed by atoms with van der Waals surface area (Å²) in [5.74, 6) is 0.725. The van der Waals surface area contributed by atoms with Crippen molar-refractivity contribution in [1.29, 1.82) is 0 Å². The van der Waals surface area contributed by atoms with Gasteiger partial charge in [-0.05, 0) is 99.4 Å². The number of cyclic esters (lactones) is 1. The van der Waals surface area contributed by atoms with Crippen LogP contribution in [0.25, 0.3) is 0 Å². The molecule has 9 N–H and O–H groups in total. The summed E-state index contributed by atoms with van der Waals surface area (Å²) < 4.78 is 46.6. The third-order valence-electron chi connectivity index (χ3n) is 16.5. The van der Waals surface area contributed by atoms with Crippen molar-refractivity contribution in [2.24, 2.45) is 34.5 Å². The highest BCUT2D eigenvalue weighted by Gasteiger charge is 2.68. The molecule has 23 atom stereocenters. The lowest BCUT2D eigenvalue weighted by molar-refractivity contribution is -0.367. The summed E-state index contributed by atoms with van der Waals surface area (Å²) >= 11 is 0. The standard InChI is InChI=1S/C42H66O18/c1-18-35(60-38-33(50)31(48)29(46)26(59-38)17-55-37-32(49)30(47)28(45)25(15-43)58-37)36(53-4)34(51)39(56-18)57-21-7-10-40(2)20(14-21)5-6-24-23(40)8-11-41(3)22(9-12-42(24,41)52)19-13-27(44)54-16-19/h13,18,20-26,28-39,43,45-52H,5-12,14-17H2,1-4H3/t18-,20-,21+,22-,23+,24-,25-,26-,28-,29-,30+,31+,32-,33-,34-,35+,36-,37-,38+,39+,40+,41-,42+/m1/s1. The maximum atomic E-state index is 12.6. The third-order valence-corrected chi connectivity index (χ3v) is 16.5. The molecule has 8 rings (SSSR count). The van der Waals surface area contributed by atoms with Gasteiger partial charge in [0.15, 0.2) is 18.9 Å². The summed E-state index contributed by atoms with van der Waals surface area (Å²) in [6, 6.07) is 0. The molecule has 7 fully saturated rings. The molecular weight excluding hydrogens is 792 g/mol. The average molecular weight is 859 g/mol. The topological polar surface area (TPSA) is 273 Å². The minimum absolute atomic E-state index is 0.00760. The van der Waals surface area contributed by atoms with Crippen LogP contribution in [0.1, 0.15) is 78.6 Å². The van der Waals surface area contributed by atoms with Crippen molar-refractivity contribution in [3.63, 3.8) is 0 Å². The summed E-state index contributed by atoms with van der Waals surface area (Å²) in [5.41, 5.74) is -0.0850. The maximum absolute atomic E-state index is 12.6. The van der Waals surface area contributed by atoms with Crippen LogP contribution in [0, 0.1) is 34.5 Å². The Morgan fingerprint density at radius 1 is 0.733 bits per heavy atom. The van der Waals surface area contributed by atoms with Gasteiger partial charge in [0, 0.05) is 18.6 Å². The zero-order chi connectivity index (χ0) is 43.1. The van der Waals surface area contributed by atoms with Crippen molar-refractivity contribution in [2.45, 2.75) is 182 Å². The van der Waals surface area contributed by atoms with Gasteiger partial charge in [-0.1, -0.05) is 13.8 Å². The minimum Gasteiger partial charge on any atom is -0.458 e. The molecule has 0 bridgehead atoms. The zero-order valence-electron chi connectivity index (χ0n) is 34.8. The van der Waals surface area contributed by atoms with Crippen molar-refractivity contribution < 1.29 is 88.6 Å². The van der Waals surface area contributed by atoms with Gasteiger partial charge in [-0.15, -0.1) is 0 Å². The van der Waals surface area contributed by atoms with E-state index in [0.717, 1.165) is 63.4 Å². The highest BCUT2D eigenvalue weighted by Crippen LogP contribution is 2.70. The SMILES string of the molecule is CO[C@@H]1[C@@H](O)[C@H](O[C@H]2CC[C@@]3(C)[C@H](CC[C@@H]4[C@@H]3CC[C@]3(C)[C@@H](C5=CC(=O)OC5)CC[C@]43O)C2)O[C@H](C)[C@@H]1O[C@@H]1O[C@H](CO[C@@H]2O[C@H](CO)[C@@H](O)[C@H](O)[C@H]2O)[C@@H](O)[C@H](O)[C@H]1O. The number of aliphatic hydroxyl groups is 9. The Bertz CT molecular complexity index is 1570. The summed E-state index contributed by atoms with van der Waals surface area (Å²) in [4.78, 5) is 12.0. The molecule has 4 aliphatic carbocycles. The molecule has 0 amide bonds. The number of rotatable bonds is 10. The van der Waals surface area contributed by atoms with Gasteiger partial charge in [-0.3, -0.25) is 0 Å². The molecule has 342 valence electrons. The van der Waals surface area contributed by atoms with Gasteiger partial charge in [-0.2, -0.15) is 0 Å². The van der Waals surface area contributed by atoms with E-state index in [0.29, 0.717) is 18.4 Å². The number of methoxy groups -OCH3 is 1. The zero-order valence-corrected chi connectivity index (χ0v) is 34.8. The predicted molar refractivity (Wildman–Crippen MR) is 203 cm³/mol. The van der Waals surface area contributed by atoms with Gasteiger partial charge in [0.1, 0.15) is 73.8 Å². The first-order valence-corrected chi connectivity index (χ1v) is 21.8. The van der Waals surface area contributed by atoms with E-state index in [4.69, 9.17) is 37.9 Å². The van der Waals surface area contributed by atoms with E-state index in [9.17, 15) is 50.8 Å². The smallest absolute Gasteiger partial charge is 0.331 e. The first-order chi connectivity index (χ1) is 28.4. The maximum Gasteiger partial charge on any atom is 0.331 e. The van der Waals surface area contributed by atoms with Crippen molar-refractivity contribution in [1.82, 2.24) is 0 Å². The molecule has 0 spiro atoms. The van der Waals surface area contributed by atoms with Crippen LogP contribution in [-0.2, 0) is 42.7 Å². The molecular formula is C42H66O18. The monoisotopic (exact) mass is 858 g/mol. The number of ether oxygens (including phenoxy) is 8. The second-order valence-corrected chi connectivity index (χ2v) is 19.4. The van der Waals surface area contributed by atoms with Gasteiger partial charge < -0.3 is 83.9 Å². The van der Waals surface area contributed by atoms with Crippen LogP contribution < -0.4 is 0 Å². The van der Waals surface area contributed by atoms with Crippen molar-refractivity contribution in [3.8, 4) is 0 Å². The summed E-state index contributed by atoms with van der Waals surface area (Å²) in [7, 11) is 1.39. The van der Waals surface area contributed by atoms with Crippen LogP contribution in [0.4, 0.5) is 0 Å². The molecule has 18 nitrogen and oxygen atoms in total. The third kappa shape index (κ3) is 7.50. The van der Waals surface area contributed by atoms with Crippen LogP contribution in [0.2, 0.25) is 0 Å². The van der Waals surface area contributed by atoms with Crippen molar-refractivity contribution in [2.75, 3.05) is 26.9 Å². The van der Waals surface area contributed by atoms with Gasteiger partial charge in [0.05, 0.1) is 31.0 Å². The molecule has 4 saturated carbocycles. The Hall–Kier alpha value is -1.43. The fourth-order valence-electron chi connectivity index (χ4n) is 13.0. The number of hydrogen-bond acceptors (Lipinski definition) is 18. The fraction of sp³-hybridized carbons (Fsp3) is 0.929. The highest BCUT2D eigenvalue weighted by atomic mass is 16.8. The molecule has 8 aliphatic rings. The number of carbonyl (C=O) groups is 1. The highest BCUT2D eigenvalue weighted by molar-refractivity contribution is 5.85. The lowest BCUT2D eigenvalue weighted by Gasteiger charge is -2.64. The first-order valence-electron chi connectivity index (χ1n) is 21.8. The molecule has 0 unspecified atom stereocenters. The Labute approximate surface area is 349 Å². The number of hydrogen-bond donors (Lipinski definition) is 9. The quantitative estimate of drug-likeness (QED) is 0.0918. The van der Waals surface area contributed by atoms with E-state index in [2.05, 4.69) is 13.8 Å².